The largest absolute Gasteiger partial charge is 0.321 e. The second-order valence-electron chi connectivity index (χ2n) is 6.79. The van der Waals surface area contributed by atoms with Gasteiger partial charge in [-0.1, -0.05) is 24.3 Å². The van der Waals surface area contributed by atoms with Gasteiger partial charge in [0.15, 0.2) is 11.1 Å². The fourth-order valence-corrected chi connectivity index (χ4v) is 4.31. The van der Waals surface area contributed by atoms with Crippen molar-refractivity contribution < 1.29 is 8.76 Å². The Kier molecular flexibility index (Phi) is 4.22. The summed E-state index contributed by atoms with van der Waals surface area (Å²) in [5.41, 5.74) is 4.03. The molecular formula is C21H17N5O2S. The number of aromatic nitrogens is 4. The minimum absolute atomic E-state index is 0.176. The molecule has 0 amide bonds. The van der Waals surface area contributed by atoms with E-state index in [1.807, 2.05) is 54.5 Å². The highest BCUT2D eigenvalue weighted by Gasteiger charge is 2.29. The number of nitrogens with zero attached hydrogens (tertiary/aromatic N) is 5. The molecule has 1 aliphatic rings. The Bertz CT molecular complexity index is 1270. The molecule has 0 aliphatic carbocycles. The van der Waals surface area contributed by atoms with Crippen LogP contribution in [0.1, 0.15) is 22.7 Å². The van der Waals surface area contributed by atoms with E-state index in [9.17, 15) is 8.76 Å². The first-order chi connectivity index (χ1) is 14.1. The van der Waals surface area contributed by atoms with Gasteiger partial charge in [-0.05, 0) is 35.4 Å². The monoisotopic (exact) mass is 403 g/mol. The molecule has 2 atom stereocenters. The van der Waals surface area contributed by atoms with Gasteiger partial charge in [-0.3, -0.25) is 4.68 Å². The van der Waals surface area contributed by atoms with Gasteiger partial charge < -0.3 is 9.45 Å². The number of aryl methyl sites for hydroxylation is 1. The summed E-state index contributed by atoms with van der Waals surface area (Å²) in [4.78, 5) is 10.9. The zero-order valence-electron chi connectivity index (χ0n) is 15.5. The lowest BCUT2D eigenvalue weighted by Gasteiger charge is -2.35. The standard InChI is InChI=1S/C21H17N5O2S/c1-25-20-15(12-24-25)3-2-4-18(20)21-17-6-5-16(29(27)28)11-14(17)8-10-26(21)19-7-9-22-13-23-19/h2-13,21H,1H3,(H,27,28). The average Bonchev–Trinajstić information content (AvgIpc) is 3.14. The lowest BCUT2D eigenvalue weighted by atomic mass is 9.89. The molecule has 2 unspecified atom stereocenters. The SMILES string of the molecule is Cn1ncc2cccc(C3c4ccc(S(=O)O)cc4C=CN3c3ccncn3)c21. The third kappa shape index (κ3) is 2.93. The van der Waals surface area contributed by atoms with Crippen LogP contribution >= 0.6 is 0 Å². The van der Waals surface area contributed by atoms with E-state index in [0.29, 0.717) is 4.90 Å². The lowest BCUT2D eigenvalue weighted by Crippen LogP contribution is -2.28. The maximum Gasteiger partial charge on any atom is 0.186 e. The van der Waals surface area contributed by atoms with E-state index in [0.717, 1.165) is 33.4 Å². The molecule has 0 fully saturated rings. The van der Waals surface area contributed by atoms with Crippen LogP contribution in [0.3, 0.4) is 0 Å². The molecule has 0 saturated heterocycles. The molecule has 1 N–H and O–H groups in total. The van der Waals surface area contributed by atoms with E-state index in [1.54, 1.807) is 18.3 Å². The first-order valence-corrected chi connectivity index (χ1v) is 10.1. The first kappa shape index (κ1) is 17.7. The van der Waals surface area contributed by atoms with Crippen LogP contribution in [-0.2, 0) is 18.1 Å². The van der Waals surface area contributed by atoms with Gasteiger partial charge >= 0.3 is 0 Å². The van der Waals surface area contributed by atoms with E-state index in [1.165, 1.54) is 6.33 Å². The summed E-state index contributed by atoms with van der Waals surface area (Å²) in [5, 5.41) is 5.48. The molecular weight excluding hydrogens is 386 g/mol. The van der Waals surface area contributed by atoms with Crippen molar-refractivity contribution in [2.45, 2.75) is 10.9 Å². The van der Waals surface area contributed by atoms with Crippen LogP contribution in [0.2, 0.25) is 0 Å². The van der Waals surface area contributed by atoms with Gasteiger partial charge in [0.25, 0.3) is 0 Å². The van der Waals surface area contributed by atoms with Crippen LogP contribution in [0.5, 0.6) is 0 Å². The van der Waals surface area contributed by atoms with E-state index >= 15 is 0 Å². The molecule has 3 heterocycles. The predicted octanol–water partition coefficient (Wildman–Crippen LogP) is 3.52. The third-order valence-corrected chi connectivity index (χ3v) is 5.82. The molecule has 144 valence electrons. The summed E-state index contributed by atoms with van der Waals surface area (Å²) in [6.07, 6.45) is 8.98. The minimum atomic E-state index is -2.03. The van der Waals surface area contributed by atoms with Crippen LogP contribution in [0.25, 0.3) is 17.0 Å². The maximum absolute atomic E-state index is 11.6. The minimum Gasteiger partial charge on any atom is -0.321 e. The Morgan fingerprint density at radius 3 is 2.83 bits per heavy atom. The van der Waals surface area contributed by atoms with Crippen molar-refractivity contribution in [3.8, 4) is 0 Å². The van der Waals surface area contributed by atoms with Crippen molar-refractivity contribution in [3.05, 3.63) is 84.1 Å². The van der Waals surface area contributed by atoms with Crippen molar-refractivity contribution in [2.24, 2.45) is 7.05 Å². The molecule has 5 rings (SSSR count). The Morgan fingerprint density at radius 2 is 2.03 bits per heavy atom. The van der Waals surface area contributed by atoms with Gasteiger partial charge in [-0.15, -0.1) is 0 Å². The lowest BCUT2D eigenvalue weighted by molar-refractivity contribution is 0.564. The van der Waals surface area contributed by atoms with Gasteiger partial charge in [0.1, 0.15) is 12.1 Å². The highest BCUT2D eigenvalue weighted by atomic mass is 32.2. The zero-order valence-corrected chi connectivity index (χ0v) is 16.3. The van der Waals surface area contributed by atoms with Gasteiger partial charge in [-0.2, -0.15) is 5.10 Å². The summed E-state index contributed by atoms with van der Waals surface area (Å²) in [7, 11) is 1.93. The molecule has 7 nitrogen and oxygen atoms in total. The van der Waals surface area contributed by atoms with E-state index < -0.39 is 11.1 Å². The maximum atomic E-state index is 11.6. The molecule has 2 aromatic heterocycles. The average molecular weight is 403 g/mol. The molecule has 0 radical (unpaired) electrons. The quantitative estimate of drug-likeness (QED) is 0.527. The number of rotatable bonds is 3. The van der Waals surface area contributed by atoms with Gasteiger partial charge in [0, 0.05) is 30.4 Å². The number of anilines is 1. The summed E-state index contributed by atoms with van der Waals surface area (Å²) >= 11 is -2.03. The fraction of sp³-hybridized carbons (Fsp3) is 0.0952. The second-order valence-corrected chi connectivity index (χ2v) is 7.76. The molecule has 0 spiro atoms. The van der Waals surface area contributed by atoms with Crippen LogP contribution in [0.4, 0.5) is 5.82 Å². The summed E-state index contributed by atoms with van der Waals surface area (Å²) < 4.78 is 22.9. The molecule has 0 bridgehead atoms. The van der Waals surface area contributed by atoms with E-state index in [-0.39, 0.29) is 6.04 Å². The molecule has 8 heteroatoms. The number of hydrogen-bond donors (Lipinski definition) is 1. The smallest absolute Gasteiger partial charge is 0.186 e. The number of para-hydroxylation sites is 1. The van der Waals surface area contributed by atoms with Crippen molar-refractivity contribution in [3.63, 3.8) is 0 Å². The van der Waals surface area contributed by atoms with E-state index in [4.69, 9.17) is 0 Å². The van der Waals surface area contributed by atoms with E-state index in [2.05, 4.69) is 26.0 Å². The topological polar surface area (TPSA) is 84.1 Å². The molecule has 4 aromatic rings. The zero-order chi connectivity index (χ0) is 20.0. The first-order valence-electron chi connectivity index (χ1n) is 9.01. The molecule has 2 aromatic carbocycles. The van der Waals surface area contributed by atoms with Crippen LogP contribution < -0.4 is 4.90 Å². The van der Waals surface area contributed by atoms with Crippen LogP contribution in [0.15, 0.2) is 72.3 Å². The number of fused-ring (bicyclic) bond motifs is 2. The van der Waals surface area contributed by atoms with Gasteiger partial charge in [-0.25, -0.2) is 14.2 Å². The molecule has 0 saturated carbocycles. The van der Waals surface area contributed by atoms with Crippen molar-refractivity contribution in [1.29, 1.82) is 0 Å². The number of benzene rings is 2. The van der Waals surface area contributed by atoms with Crippen molar-refractivity contribution in [1.82, 2.24) is 19.7 Å². The summed E-state index contributed by atoms with van der Waals surface area (Å²) in [6.45, 7) is 0. The fourth-order valence-electron chi connectivity index (χ4n) is 3.90. The van der Waals surface area contributed by atoms with Crippen LogP contribution in [0, 0.1) is 0 Å². The Hall–Kier alpha value is -3.36. The van der Waals surface area contributed by atoms with Crippen molar-refractivity contribution >= 4 is 33.9 Å². The summed E-state index contributed by atoms with van der Waals surface area (Å²) in [5.74, 6) is 0.765. The summed E-state index contributed by atoms with van der Waals surface area (Å²) in [6, 6.07) is 13.2. The van der Waals surface area contributed by atoms with Gasteiger partial charge in [0.2, 0.25) is 0 Å². The Morgan fingerprint density at radius 1 is 1.14 bits per heavy atom. The van der Waals surface area contributed by atoms with Gasteiger partial charge in [0.05, 0.1) is 22.7 Å². The Balaban J connectivity index is 1.77. The normalized spacial score (nSPS) is 16.8. The van der Waals surface area contributed by atoms with Crippen LogP contribution in [-0.4, -0.2) is 28.5 Å². The number of hydrogen-bond acceptors (Lipinski definition) is 5. The molecule has 29 heavy (non-hydrogen) atoms. The molecule has 1 aliphatic heterocycles. The predicted molar refractivity (Wildman–Crippen MR) is 112 cm³/mol. The Labute approximate surface area is 169 Å². The third-order valence-electron chi connectivity index (χ3n) is 5.16. The highest BCUT2D eigenvalue weighted by Crippen LogP contribution is 2.40. The highest BCUT2D eigenvalue weighted by molar-refractivity contribution is 7.79. The second kappa shape index (κ2) is 6.91. The van der Waals surface area contributed by atoms with Crippen molar-refractivity contribution in [2.75, 3.05) is 4.90 Å².